The summed E-state index contributed by atoms with van der Waals surface area (Å²) in [7, 11) is -1.81. The number of hydrogen-bond acceptors (Lipinski definition) is 8. The van der Waals surface area contributed by atoms with Crippen molar-refractivity contribution in [3.8, 4) is 11.3 Å². The van der Waals surface area contributed by atoms with Gasteiger partial charge in [0.15, 0.2) is 9.34 Å². The van der Waals surface area contributed by atoms with Crippen LogP contribution in [0, 0.1) is 5.82 Å². The number of aromatic nitrogens is 3. The van der Waals surface area contributed by atoms with Crippen LogP contribution in [0.15, 0.2) is 65.4 Å². The van der Waals surface area contributed by atoms with E-state index < -0.39 is 10.0 Å². The molecule has 0 spiro atoms. The van der Waals surface area contributed by atoms with Gasteiger partial charge in [0.2, 0.25) is 0 Å². The number of thiazole rings is 1. The number of fused-ring (bicyclic) bond motifs is 1. The Morgan fingerprint density at radius 3 is 2.74 bits per heavy atom. The van der Waals surface area contributed by atoms with E-state index in [0.29, 0.717) is 37.7 Å². The summed E-state index contributed by atoms with van der Waals surface area (Å²) in [6, 6.07) is 12.6. The smallest absolute Gasteiger partial charge is 0.254 e. The van der Waals surface area contributed by atoms with Gasteiger partial charge in [-0.3, -0.25) is 4.90 Å². The number of anilines is 1. The van der Waals surface area contributed by atoms with Crippen molar-refractivity contribution in [2.75, 3.05) is 44.7 Å². The zero-order chi connectivity index (χ0) is 29.3. The van der Waals surface area contributed by atoms with Crippen LogP contribution >= 0.6 is 11.3 Å². The lowest BCUT2D eigenvalue weighted by molar-refractivity contribution is 0.177. The van der Waals surface area contributed by atoms with Crippen molar-refractivity contribution >= 4 is 26.5 Å². The molecule has 1 atom stereocenters. The monoisotopic (exact) mass is 610 g/mol. The van der Waals surface area contributed by atoms with Crippen LogP contribution in [0.25, 0.3) is 11.3 Å². The molecular weight excluding hydrogens is 576 g/mol. The minimum atomic E-state index is -3.73. The predicted octanol–water partition coefficient (Wildman–Crippen LogP) is 3.64. The number of halogens is 1. The molecule has 4 aromatic rings. The molecule has 0 bridgehead atoms. The second-order valence-electron chi connectivity index (χ2n) is 11.0. The van der Waals surface area contributed by atoms with Crippen molar-refractivity contribution in [1.29, 1.82) is 0 Å². The molecule has 1 fully saturated rings. The molecule has 0 saturated carbocycles. The Kier molecular flexibility index (Phi) is 8.42. The molecule has 2 aliphatic rings. The largest absolute Gasteiger partial charge is 0.392 e. The fourth-order valence-electron chi connectivity index (χ4n) is 5.70. The average Bonchev–Trinajstić information content (AvgIpc) is 3.76. The zero-order valence-electron chi connectivity index (χ0n) is 23.6. The minimum absolute atomic E-state index is 0.242. The summed E-state index contributed by atoms with van der Waals surface area (Å²) < 4.78 is 44.8. The Labute approximate surface area is 249 Å². The molecule has 1 saturated heterocycles. The van der Waals surface area contributed by atoms with Gasteiger partial charge in [-0.1, -0.05) is 41.7 Å². The molecule has 42 heavy (non-hydrogen) atoms. The van der Waals surface area contributed by atoms with Crippen LogP contribution in [0.4, 0.5) is 9.52 Å². The lowest BCUT2D eigenvalue weighted by Crippen LogP contribution is -2.36. The third kappa shape index (κ3) is 6.13. The number of rotatable bonds is 10. The molecular formula is C30H35FN6O3S2. The van der Waals surface area contributed by atoms with Gasteiger partial charge >= 0.3 is 0 Å². The van der Waals surface area contributed by atoms with Gasteiger partial charge in [0.1, 0.15) is 5.82 Å². The van der Waals surface area contributed by atoms with Crippen molar-refractivity contribution < 1.29 is 17.9 Å². The van der Waals surface area contributed by atoms with Crippen LogP contribution in [0.3, 0.4) is 0 Å². The Morgan fingerprint density at radius 1 is 1.12 bits per heavy atom. The quantitative estimate of drug-likeness (QED) is 0.293. The van der Waals surface area contributed by atoms with Crippen molar-refractivity contribution in [3.63, 3.8) is 0 Å². The first-order valence-electron chi connectivity index (χ1n) is 14.2. The summed E-state index contributed by atoms with van der Waals surface area (Å²) in [5.41, 5.74) is 5.07. The number of aliphatic hydroxyl groups excluding tert-OH is 1. The molecule has 222 valence electrons. The van der Waals surface area contributed by atoms with E-state index >= 15 is 0 Å². The molecule has 2 aromatic heterocycles. The van der Waals surface area contributed by atoms with E-state index in [0.717, 1.165) is 53.9 Å². The van der Waals surface area contributed by atoms with E-state index in [-0.39, 0.29) is 22.7 Å². The first-order chi connectivity index (χ1) is 20.3. The van der Waals surface area contributed by atoms with E-state index in [1.807, 2.05) is 30.3 Å². The molecule has 1 N–H and O–H groups in total. The molecule has 9 nitrogen and oxygen atoms in total. The molecule has 2 aliphatic heterocycles. The average molecular weight is 611 g/mol. The molecule has 0 aliphatic carbocycles. The summed E-state index contributed by atoms with van der Waals surface area (Å²) >= 11 is 1.20. The van der Waals surface area contributed by atoms with E-state index in [2.05, 4.69) is 25.5 Å². The number of hydrogen-bond donors (Lipinski definition) is 1. The molecule has 2 aromatic carbocycles. The number of likely N-dealkylation sites (tertiary alicyclic amines) is 1. The highest BCUT2D eigenvalue weighted by Crippen LogP contribution is 2.35. The number of aryl methyl sites for hydroxylation is 2. The van der Waals surface area contributed by atoms with Crippen molar-refractivity contribution in [2.45, 2.75) is 42.7 Å². The third-order valence-electron chi connectivity index (χ3n) is 8.17. The van der Waals surface area contributed by atoms with Gasteiger partial charge in [-0.05, 0) is 48.1 Å². The highest BCUT2D eigenvalue weighted by atomic mass is 32.2. The maximum Gasteiger partial charge on any atom is 0.254 e. The van der Waals surface area contributed by atoms with E-state index in [1.54, 1.807) is 22.8 Å². The molecule has 6 rings (SSSR count). The van der Waals surface area contributed by atoms with Crippen LogP contribution in [-0.4, -0.2) is 83.1 Å². The summed E-state index contributed by atoms with van der Waals surface area (Å²) in [4.78, 5) is 13.0. The van der Waals surface area contributed by atoms with E-state index in [9.17, 15) is 17.9 Å². The SMILES string of the molecule is CN(CCN1CCC(O)C1)c1ncc(S(=O)(=O)N2CCc3cccc(-c4cncn4CCc4ccc(F)cc4)c3C2)s1. The first kappa shape index (κ1) is 28.9. The van der Waals surface area contributed by atoms with Crippen molar-refractivity contribution in [1.82, 2.24) is 23.7 Å². The molecule has 0 amide bonds. The van der Waals surface area contributed by atoms with Crippen molar-refractivity contribution in [3.05, 3.63) is 83.7 Å². The van der Waals surface area contributed by atoms with Crippen LogP contribution in [0.1, 0.15) is 23.1 Å². The number of aliphatic hydroxyl groups is 1. The molecule has 0 radical (unpaired) electrons. The summed E-state index contributed by atoms with van der Waals surface area (Å²) in [5.74, 6) is -0.252. The van der Waals surface area contributed by atoms with Gasteiger partial charge in [-0.2, -0.15) is 4.31 Å². The second-order valence-corrected chi connectivity index (χ2v) is 14.2. The topological polar surface area (TPSA) is 94.8 Å². The number of nitrogens with zero attached hydrogens (tertiary/aromatic N) is 6. The Bertz CT molecular complexity index is 1640. The van der Waals surface area contributed by atoms with Crippen LogP contribution in [0.2, 0.25) is 0 Å². The highest BCUT2D eigenvalue weighted by Gasteiger charge is 2.32. The lowest BCUT2D eigenvalue weighted by Gasteiger charge is -2.29. The summed E-state index contributed by atoms with van der Waals surface area (Å²) in [6.45, 7) is 4.40. The first-order valence-corrected chi connectivity index (χ1v) is 16.5. The number of sulfonamides is 1. The number of benzene rings is 2. The fourth-order valence-corrected chi connectivity index (χ4v) is 8.37. The molecule has 4 heterocycles. The van der Waals surface area contributed by atoms with Gasteiger partial charge in [-0.25, -0.2) is 22.8 Å². The predicted molar refractivity (Wildman–Crippen MR) is 162 cm³/mol. The summed E-state index contributed by atoms with van der Waals surface area (Å²) in [5, 5.41) is 10.4. The van der Waals surface area contributed by atoms with Gasteiger partial charge < -0.3 is 14.6 Å². The molecule has 12 heteroatoms. The second kappa shape index (κ2) is 12.2. The summed E-state index contributed by atoms with van der Waals surface area (Å²) in [6.07, 6.45) is 6.96. The lowest BCUT2D eigenvalue weighted by atomic mass is 9.94. The minimum Gasteiger partial charge on any atom is -0.392 e. The maximum absolute atomic E-state index is 13.8. The molecule has 1 unspecified atom stereocenters. The number of likely N-dealkylation sites (N-methyl/N-ethyl adjacent to an activating group) is 1. The van der Waals surface area contributed by atoms with E-state index in [1.165, 1.54) is 29.7 Å². The zero-order valence-corrected chi connectivity index (χ0v) is 25.2. The van der Waals surface area contributed by atoms with Crippen LogP contribution in [0.5, 0.6) is 0 Å². The Balaban J connectivity index is 1.17. The van der Waals surface area contributed by atoms with Crippen LogP contribution < -0.4 is 4.90 Å². The third-order valence-corrected chi connectivity index (χ3v) is 11.6. The van der Waals surface area contributed by atoms with Gasteiger partial charge in [0, 0.05) is 58.4 Å². The van der Waals surface area contributed by atoms with Crippen LogP contribution in [-0.2, 0) is 36.0 Å². The normalized spacial score (nSPS) is 17.9. The van der Waals surface area contributed by atoms with E-state index in [4.69, 9.17) is 0 Å². The fraction of sp³-hybridized carbons (Fsp3) is 0.400. The highest BCUT2D eigenvalue weighted by molar-refractivity contribution is 7.91. The Morgan fingerprint density at radius 2 is 1.95 bits per heavy atom. The Hall–Kier alpha value is -3.16. The van der Waals surface area contributed by atoms with Gasteiger partial charge in [0.05, 0.1) is 30.5 Å². The number of imidazole rings is 1. The van der Waals surface area contributed by atoms with Crippen molar-refractivity contribution in [2.24, 2.45) is 0 Å². The van der Waals surface area contributed by atoms with Gasteiger partial charge in [0.25, 0.3) is 10.0 Å². The van der Waals surface area contributed by atoms with Gasteiger partial charge in [-0.15, -0.1) is 0 Å². The maximum atomic E-state index is 13.8. The number of β-amino-alcohol motifs (C(OH)–C–C–N with tert-alkyl or cyclic N) is 1. The standard InChI is InChI=1S/C30H35FN6O3S2/c1-34(15-16-35-12-11-25(38)19-35)30-33-18-29(41-30)42(39,40)37-14-10-23-3-2-4-26(27(23)20-37)28-17-32-21-36(28)13-9-22-5-7-24(31)8-6-22/h2-8,17-18,21,25,38H,9-16,19-20H2,1H3.